The molecule has 4 N–H and O–H groups in total. The fourth-order valence-electron chi connectivity index (χ4n) is 1.14. The van der Waals surface area contributed by atoms with Gasteiger partial charge in [0, 0.05) is 11.6 Å². The molecule has 0 aliphatic carbocycles. The van der Waals surface area contributed by atoms with Gasteiger partial charge in [-0.05, 0) is 32.0 Å². The Labute approximate surface area is 93.2 Å². The Hall–Kier alpha value is -2.04. The molecule has 86 valence electrons. The van der Waals surface area contributed by atoms with Crippen molar-refractivity contribution in [2.45, 2.75) is 19.9 Å². The average molecular weight is 222 g/mol. The second-order valence-corrected chi connectivity index (χ2v) is 3.71. The summed E-state index contributed by atoms with van der Waals surface area (Å²) in [5.74, 6) is -1.14. The van der Waals surface area contributed by atoms with E-state index in [1.807, 2.05) is 0 Å². The maximum Gasteiger partial charge on any atom is 0.269 e. The van der Waals surface area contributed by atoms with E-state index in [0.717, 1.165) is 0 Å². The third-order valence-electron chi connectivity index (χ3n) is 1.91. The minimum atomic E-state index is -0.514. The fourth-order valence-corrected chi connectivity index (χ4v) is 1.14. The molecule has 0 aromatic heterocycles. The highest BCUT2D eigenvalue weighted by molar-refractivity contribution is 6.44. The third kappa shape index (κ3) is 2.73. The number of phenols is 2. The van der Waals surface area contributed by atoms with Crippen LogP contribution in [0.25, 0.3) is 0 Å². The second kappa shape index (κ2) is 4.65. The summed E-state index contributed by atoms with van der Waals surface area (Å²) in [6, 6.07) is 3.76. The van der Waals surface area contributed by atoms with Gasteiger partial charge in [0.15, 0.2) is 11.5 Å². The van der Waals surface area contributed by atoms with Gasteiger partial charge in [-0.25, -0.2) is 0 Å². The summed E-state index contributed by atoms with van der Waals surface area (Å²) in [6.07, 6.45) is 0. The smallest absolute Gasteiger partial charge is 0.269 e. The summed E-state index contributed by atoms with van der Waals surface area (Å²) >= 11 is 0. The van der Waals surface area contributed by atoms with Crippen LogP contribution < -0.4 is 5.32 Å². The van der Waals surface area contributed by atoms with E-state index in [0.29, 0.717) is 0 Å². The number of hydrogen-bond donors (Lipinski definition) is 4. The number of amides is 1. The van der Waals surface area contributed by atoms with E-state index in [-0.39, 0.29) is 28.8 Å². The monoisotopic (exact) mass is 222 g/mol. The molecule has 0 fully saturated rings. The number of nitrogens with one attached hydrogen (secondary N) is 2. The van der Waals surface area contributed by atoms with Crippen molar-refractivity contribution < 1.29 is 15.0 Å². The second-order valence-electron chi connectivity index (χ2n) is 3.71. The Morgan fingerprint density at radius 3 is 2.44 bits per heavy atom. The lowest BCUT2D eigenvalue weighted by Crippen LogP contribution is -2.35. The van der Waals surface area contributed by atoms with Crippen LogP contribution in [0.2, 0.25) is 0 Å². The predicted octanol–water partition coefficient (Wildman–Crippen LogP) is 0.990. The first-order valence-electron chi connectivity index (χ1n) is 4.83. The number of carbonyl (C=O) groups is 1. The molecule has 0 spiro atoms. The van der Waals surface area contributed by atoms with E-state index in [1.54, 1.807) is 13.8 Å². The Kier molecular flexibility index (Phi) is 3.50. The standard InChI is InChI=1S/C11H14N2O3/c1-6(2)13-11(16)10(12)7-3-4-8(14)9(15)5-7/h3-6,12,14-15H,1-2H3,(H,13,16). The maximum atomic E-state index is 11.5. The van der Waals surface area contributed by atoms with Gasteiger partial charge < -0.3 is 15.5 Å². The van der Waals surface area contributed by atoms with Crippen molar-refractivity contribution in [1.82, 2.24) is 5.32 Å². The topological polar surface area (TPSA) is 93.4 Å². The van der Waals surface area contributed by atoms with Gasteiger partial charge in [-0.2, -0.15) is 0 Å². The van der Waals surface area contributed by atoms with E-state index in [4.69, 9.17) is 10.5 Å². The summed E-state index contributed by atoms with van der Waals surface area (Å²) in [5.41, 5.74) is 0.0115. The molecular formula is C11H14N2O3. The fraction of sp³-hybridized carbons (Fsp3) is 0.273. The van der Waals surface area contributed by atoms with Gasteiger partial charge in [-0.1, -0.05) is 0 Å². The van der Waals surface area contributed by atoms with Crippen molar-refractivity contribution in [3.05, 3.63) is 23.8 Å². The highest BCUT2D eigenvalue weighted by Crippen LogP contribution is 2.24. The molecule has 0 atom stereocenters. The molecule has 1 amide bonds. The molecule has 5 heteroatoms. The van der Waals surface area contributed by atoms with Gasteiger partial charge >= 0.3 is 0 Å². The summed E-state index contributed by atoms with van der Waals surface area (Å²) in [5, 5.41) is 28.5. The van der Waals surface area contributed by atoms with Crippen LogP contribution in [0.4, 0.5) is 0 Å². The van der Waals surface area contributed by atoms with Gasteiger partial charge in [-0.15, -0.1) is 0 Å². The zero-order valence-electron chi connectivity index (χ0n) is 9.11. The number of carbonyl (C=O) groups excluding carboxylic acids is 1. The Morgan fingerprint density at radius 1 is 1.31 bits per heavy atom. The summed E-state index contributed by atoms with van der Waals surface area (Å²) in [7, 11) is 0. The van der Waals surface area contributed by atoms with Crippen LogP contribution in [-0.2, 0) is 4.79 Å². The molecule has 0 saturated carbocycles. The first-order chi connectivity index (χ1) is 7.41. The molecule has 1 aromatic carbocycles. The number of phenolic OH excluding ortho intramolecular Hbond substituents is 2. The lowest BCUT2D eigenvalue weighted by Gasteiger charge is -2.09. The Bertz CT molecular complexity index is 427. The molecular weight excluding hydrogens is 208 g/mol. The average Bonchev–Trinajstić information content (AvgIpc) is 2.20. The molecule has 0 aliphatic rings. The maximum absolute atomic E-state index is 11.5. The normalized spacial score (nSPS) is 10.2. The van der Waals surface area contributed by atoms with Crippen molar-refractivity contribution >= 4 is 11.6 Å². The van der Waals surface area contributed by atoms with Gasteiger partial charge in [-0.3, -0.25) is 10.2 Å². The van der Waals surface area contributed by atoms with Crippen LogP contribution in [0.1, 0.15) is 19.4 Å². The number of benzene rings is 1. The van der Waals surface area contributed by atoms with Crippen LogP contribution >= 0.6 is 0 Å². The molecule has 0 saturated heterocycles. The third-order valence-corrected chi connectivity index (χ3v) is 1.91. The van der Waals surface area contributed by atoms with Crippen molar-refractivity contribution in [1.29, 1.82) is 5.41 Å². The number of aromatic hydroxyl groups is 2. The van der Waals surface area contributed by atoms with Crippen LogP contribution in [0.5, 0.6) is 11.5 Å². The lowest BCUT2D eigenvalue weighted by atomic mass is 10.1. The van der Waals surface area contributed by atoms with E-state index >= 15 is 0 Å². The van der Waals surface area contributed by atoms with Crippen molar-refractivity contribution in [2.75, 3.05) is 0 Å². The van der Waals surface area contributed by atoms with E-state index < -0.39 is 5.91 Å². The SMILES string of the molecule is CC(C)NC(=O)C(=N)c1ccc(O)c(O)c1. The quantitative estimate of drug-likeness (QED) is 0.454. The van der Waals surface area contributed by atoms with E-state index in [2.05, 4.69) is 5.32 Å². The molecule has 16 heavy (non-hydrogen) atoms. The minimum Gasteiger partial charge on any atom is -0.504 e. The molecule has 0 heterocycles. The number of hydrogen-bond acceptors (Lipinski definition) is 4. The minimum absolute atomic E-state index is 0.0569. The predicted molar refractivity (Wildman–Crippen MR) is 59.9 cm³/mol. The van der Waals surface area contributed by atoms with Crippen LogP contribution in [0.3, 0.4) is 0 Å². The van der Waals surface area contributed by atoms with Crippen LogP contribution in [-0.4, -0.2) is 27.9 Å². The lowest BCUT2D eigenvalue weighted by molar-refractivity contribution is -0.115. The van der Waals surface area contributed by atoms with Gasteiger partial charge in [0.2, 0.25) is 0 Å². The number of rotatable bonds is 3. The molecule has 1 rings (SSSR count). The zero-order valence-corrected chi connectivity index (χ0v) is 9.11. The highest BCUT2D eigenvalue weighted by atomic mass is 16.3. The van der Waals surface area contributed by atoms with Gasteiger partial charge in [0.25, 0.3) is 5.91 Å². The van der Waals surface area contributed by atoms with Crippen molar-refractivity contribution in [2.24, 2.45) is 0 Å². The van der Waals surface area contributed by atoms with Crippen LogP contribution in [0, 0.1) is 5.41 Å². The highest BCUT2D eigenvalue weighted by Gasteiger charge is 2.14. The molecule has 5 nitrogen and oxygen atoms in total. The summed E-state index contributed by atoms with van der Waals surface area (Å²) in [6.45, 7) is 3.58. The first-order valence-corrected chi connectivity index (χ1v) is 4.83. The molecule has 0 radical (unpaired) electrons. The Morgan fingerprint density at radius 2 is 1.94 bits per heavy atom. The molecule has 0 unspecified atom stereocenters. The van der Waals surface area contributed by atoms with Crippen molar-refractivity contribution in [3.8, 4) is 11.5 Å². The zero-order chi connectivity index (χ0) is 12.3. The van der Waals surface area contributed by atoms with Gasteiger partial charge in [0.05, 0.1) is 0 Å². The van der Waals surface area contributed by atoms with Crippen molar-refractivity contribution in [3.63, 3.8) is 0 Å². The van der Waals surface area contributed by atoms with Crippen LogP contribution in [0.15, 0.2) is 18.2 Å². The van der Waals surface area contributed by atoms with Gasteiger partial charge in [0.1, 0.15) is 5.71 Å². The molecule has 1 aromatic rings. The molecule has 0 aliphatic heterocycles. The Balaban J connectivity index is 2.88. The largest absolute Gasteiger partial charge is 0.504 e. The first kappa shape index (κ1) is 12.0. The summed E-state index contributed by atoms with van der Waals surface area (Å²) < 4.78 is 0. The van der Waals surface area contributed by atoms with E-state index in [1.165, 1.54) is 18.2 Å². The molecule has 0 bridgehead atoms. The van der Waals surface area contributed by atoms with E-state index in [9.17, 15) is 9.90 Å². The summed E-state index contributed by atoms with van der Waals surface area (Å²) in [4.78, 5) is 11.5.